The number of methoxy groups -OCH3 is 3. The maximum absolute atomic E-state index is 12.3. The van der Waals surface area contributed by atoms with Gasteiger partial charge < -0.3 is 29.6 Å². The zero-order valence-electron chi connectivity index (χ0n) is 18.4. The number of ether oxygens (including phenoxy) is 4. The summed E-state index contributed by atoms with van der Waals surface area (Å²) in [5.41, 5.74) is 1.44. The molecule has 2 amide bonds. The van der Waals surface area contributed by atoms with Gasteiger partial charge in [-0.15, -0.1) is 0 Å². The van der Waals surface area contributed by atoms with Crippen molar-refractivity contribution in [2.75, 3.05) is 41.0 Å². The second-order valence-corrected chi connectivity index (χ2v) is 6.59. The van der Waals surface area contributed by atoms with Gasteiger partial charge in [-0.05, 0) is 49.2 Å². The van der Waals surface area contributed by atoms with Crippen molar-refractivity contribution in [2.45, 2.75) is 19.8 Å². The average molecular weight is 431 g/mol. The minimum Gasteiger partial charge on any atom is -0.493 e. The van der Waals surface area contributed by atoms with Gasteiger partial charge in [0.15, 0.2) is 23.0 Å². The number of carbonyl (C=O) groups excluding carboxylic acids is 2. The molecule has 0 aliphatic carbocycles. The third-order valence-electron chi connectivity index (χ3n) is 4.55. The molecule has 0 aliphatic rings. The van der Waals surface area contributed by atoms with Crippen LogP contribution in [0.1, 0.15) is 29.3 Å². The lowest BCUT2D eigenvalue weighted by atomic mass is 10.1. The number of carbonyl (C=O) groups is 2. The van der Waals surface area contributed by atoms with E-state index in [4.69, 9.17) is 18.9 Å². The van der Waals surface area contributed by atoms with Crippen molar-refractivity contribution in [3.63, 3.8) is 0 Å². The molecule has 2 aromatic rings. The molecule has 0 saturated heterocycles. The average Bonchev–Trinajstić information content (AvgIpc) is 2.80. The first-order valence-corrected chi connectivity index (χ1v) is 10.1. The van der Waals surface area contributed by atoms with Gasteiger partial charge in [0.05, 0.1) is 27.9 Å². The molecule has 0 bridgehead atoms. The Labute approximate surface area is 182 Å². The van der Waals surface area contributed by atoms with E-state index >= 15 is 0 Å². The zero-order valence-corrected chi connectivity index (χ0v) is 18.4. The lowest BCUT2D eigenvalue weighted by Gasteiger charge is -2.11. The third kappa shape index (κ3) is 7.09. The minimum absolute atomic E-state index is 0.0896. The highest BCUT2D eigenvalue weighted by atomic mass is 16.5. The summed E-state index contributed by atoms with van der Waals surface area (Å²) >= 11 is 0. The van der Waals surface area contributed by atoms with Gasteiger partial charge >= 0.3 is 0 Å². The predicted octanol–water partition coefficient (Wildman–Crippen LogP) is 2.59. The molecule has 0 aromatic heterocycles. The molecule has 2 N–H and O–H groups in total. The quantitative estimate of drug-likeness (QED) is 0.503. The summed E-state index contributed by atoms with van der Waals surface area (Å²) in [6.07, 6.45) is 0.910. The van der Waals surface area contributed by atoms with Crippen LogP contribution < -0.4 is 29.6 Å². The van der Waals surface area contributed by atoms with E-state index in [2.05, 4.69) is 10.6 Å². The first-order valence-electron chi connectivity index (χ1n) is 10.1. The van der Waals surface area contributed by atoms with Crippen LogP contribution in [0.2, 0.25) is 0 Å². The largest absolute Gasteiger partial charge is 0.493 e. The van der Waals surface area contributed by atoms with Gasteiger partial charge in [-0.2, -0.15) is 0 Å². The summed E-state index contributed by atoms with van der Waals surface area (Å²) in [4.78, 5) is 24.4. The zero-order chi connectivity index (χ0) is 22.6. The molecule has 0 atom stereocenters. The number of hydrogen-bond acceptors (Lipinski definition) is 6. The molecule has 8 nitrogen and oxygen atoms in total. The lowest BCUT2D eigenvalue weighted by Crippen LogP contribution is -2.34. The highest BCUT2D eigenvalue weighted by molar-refractivity contribution is 5.94. The molecule has 0 unspecified atom stereocenters. The van der Waals surface area contributed by atoms with Gasteiger partial charge in [0.25, 0.3) is 5.91 Å². The molecule has 0 fully saturated rings. The molecule has 0 saturated carbocycles. The molecule has 8 heteroatoms. The summed E-state index contributed by atoms with van der Waals surface area (Å²) in [5, 5.41) is 5.58. The highest BCUT2D eigenvalue weighted by Gasteiger charge is 2.11. The predicted molar refractivity (Wildman–Crippen MR) is 117 cm³/mol. The van der Waals surface area contributed by atoms with Crippen molar-refractivity contribution in [1.82, 2.24) is 10.6 Å². The van der Waals surface area contributed by atoms with Crippen molar-refractivity contribution in [3.8, 4) is 23.0 Å². The van der Waals surface area contributed by atoms with Crippen LogP contribution in [0.25, 0.3) is 0 Å². The fourth-order valence-corrected chi connectivity index (χ4v) is 2.95. The Morgan fingerprint density at radius 1 is 0.806 bits per heavy atom. The summed E-state index contributed by atoms with van der Waals surface area (Å²) in [6.45, 7) is 3.12. The van der Waals surface area contributed by atoms with Crippen molar-refractivity contribution in [2.24, 2.45) is 0 Å². The SMILES string of the molecule is CCOc1ccc(CCC(=O)NCCNC(=O)c2ccc(OC)c(OC)c2)cc1OC. The third-order valence-corrected chi connectivity index (χ3v) is 4.55. The van der Waals surface area contributed by atoms with Crippen LogP contribution in [-0.4, -0.2) is 52.8 Å². The van der Waals surface area contributed by atoms with Gasteiger partial charge in [-0.3, -0.25) is 9.59 Å². The number of hydrogen-bond donors (Lipinski definition) is 2. The molecule has 168 valence electrons. The maximum Gasteiger partial charge on any atom is 0.251 e. The number of aryl methyl sites for hydroxylation is 1. The van der Waals surface area contributed by atoms with Gasteiger partial charge in [0.1, 0.15) is 0 Å². The van der Waals surface area contributed by atoms with Crippen LogP contribution in [0.15, 0.2) is 36.4 Å². The molecule has 31 heavy (non-hydrogen) atoms. The highest BCUT2D eigenvalue weighted by Crippen LogP contribution is 2.29. The second kappa shape index (κ2) is 12.3. The Kier molecular flexibility index (Phi) is 9.48. The Morgan fingerprint density at radius 2 is 1.45 bits per heavy atom. The van der Waals surface area contributed by atoms with Crippen molar-refractivity contribution in [1.29, 1.82) is 0 Å². The number of benzene rings is 2. The standard InChI is InChI=1S/C23H30N2O6/c1-5-31-19-9-6-16(14-20(19)29-3)7-11-22(26)24-12-13-25-23(27)17-8-10-18(28-2)21(15-17)30-4/h6,8-10,14-15H,5,7,11-13H2,1-4H3,(H,24,26)(H,25,27). The van der Waals surface area contributed by atoms with E-state index in [1.54, 1.807) is 25.3 Å². The van der Waals surface area contributed by atoms with Crippen LogP contribution >= 0.6 is 0 Å². The van der Waals surface area contributed by atoms with Crippen molar-refractivity contribution < 1.29 is 28.5 Å². The van der Waals surface area contributed by atoms with E-state index in [9.17, 15) is 9.59 Å². The smallest absolute Gasteiger partial charge is 0.251 e. The monoisotopic (exact) mass is 430 g/mol. The van der Waals surface area contributed by atoms with E-state index in [1.807, 2.05) is 25.1 Å². The van der Waals surface area contributed by atoms with E-state index in [1.165, 1.54) is 14.2 Å². The lowest BCUT2D eigenvalue weighted by molar-refractivity contribution is -0.121. The van der Waals surface area contributed by atoms with E-state index in [-0.39, 0.29) is 11.8 Å². The van der Waals surface area contributed by atoms with Crippen LogP contribution in [0.4, 0.5) is 0 Å². The molecule has 0 spiro atoms. The fraction of sp³-hybridized carbons (Fsp3) is 0.391. The summed E-state index contributed by atoms with van der Waals surface area (Å²) < 4.78 is 21.2. The normalized spacial score (nSPS) is 10.2. The molecule has 0 heterocycles. The van der Waals surface area contributed by atoms with Gasteiger partial charge in [0.2, 0.25) is 5.91 Å². The second-order valence-electron chi connectivity index (χ2n) is 6.59. The summed E-state index contributed by atoms with van der Waals surface area (Å²) in [6, 6.07) is 10.6. The molecule has 0 radical (unpaired) electrons. The maximum atomic E-state index is 12.3. The van der Waals surface area contributed by atoms with Gasteiger partial charge in [0, 0.05) is 25.1 Å². The first kappa shape index (κ1) is 23.9. The Hall–Kier alpha value is -3.42. The van der Waals surface area contributed by atoms with E-state index in [0.29, 0.717) is 61.1 Å². The Bertz CT molecular complexity index is 884. The first-order chi connectivity index (χ1) is 15.0. The molecular weight excluding hydrogens is 400 g/mol. The topological polar surface area (TPSA) is 95.1 Å². The van der Waals surface area contributed by atoms with Crippen molar-refractivity contribution in [3.05, 3.63) is 47.5 Å². The summed E-state index contributed by atoms with van der Waals surface area (Å²) in [5.74, 6) is 2.02. The van der Waals surface area contributed by atoms with Gasteiger partial charge in [-0.25, -0.2) is 0 Å². The molecular formula is C23H30N2O6. The van der Waals surface area contributed by atoms with E-state index < -0.39 is 0 Å². The van der Waals surface area contributed by atoms with Crippen LogP contribution in [-0.2, 0) is 11.2 Å². The van der Waals surface area contributed by atoms with Crippen LogP contribution in [0.3, 0.4) is 0 Å². The Balaban J connectivity index is 1.74. The van der Waals surface area contributed by atoms with Crippen LogP contribution in [0.5, 0.6) is 23.0 Å². The molecule has 2 aromatic carbocycles. The number of amides is 2. The van der Waals surface area contributed by atoms with Crippen LogP contribution in [0, 0.1) is 0 Å². The molecule has 2 rings (SSSR count). The van der Waals surface area contributed by atoms with E-state index in [0.717, 1.165) is 5.56 Å². The number of nitrogens with one attached hydrogen (secondary N) is 2. The fourth-order valence-electron chi connectivity index (χ4n) is 2.95. The summed E-state index contributed by atoms with van der Waals surface area (Å²) in [7, 11) is 4.63. The van der Waals surface area contributed by atoms with Crippen molar-refractivity contribution >= 4 is 11.8 Å². The number of rotatable bonds is 12. The minimum atomic E-state index is -0.253. The van der Waals surface area contributed by atoms with Gasteiger partial charge in [-0.1, -0.05) is 6.07 Å². The Morgan fingerprint density at radius 3 is 2.13 bits per heavy atom. The molecule has 0 aliphatic heterocycles.